The Bertz CT molecular complexity index is 628. The van der Waals surface area contributed by atoms with E-state index in [1.807, 2.05) is 6.07 Å². The Morgan fingerprint density at radius 3 is 3.05 bits per heavy atom. The molecular weight excluding hydrogens is 324 g/mol. The van der Waals surface area contributed by atoms with Gasteiger partial charge in [0.25, 0.3) is 0 Å². The first-order chi connectivity index (χ1) is 9.13. The highest BCUT2D eigenvalue weighted by Gasteiger charge is 2.23. The summed E-state index contributed by atoms with van der Waals surface area (Å²) in [6.45, 7) is 2.13. The van der Waals surface area contributed by atoms with Crippen molar-refractivity contribution >= 4 is 33.2 Å². The third kappa shape index (κ3) is 2.63. The minimum Gasteiger partial charge on any atom is -0.376 e. The Hall–Kier alpha value is -1.06. The molecule has 1 atom stereocenters. The fourth-order valence-corrected chi connectivity index (χ4v) is 3.07. The summed E-state index contributed by atoms with van der Waals surface area (Å²) in [5.74, 6) is 0. The fourth-order valence-electron chi connectivity index (χ4n) is 2.58. The second-order valence-electron chi connectivity index (χ2n) is 4.93. The number of benzene rings is 1. The van der Waals surface area contributed by atoms with E-state index in [0.29, 0.717) is 11.2 Å². The summed E-state index contributed by atoms with van der Waals surface area (Å²) >= 11 is 9.57. The Labute approximate surface area is 126 Å². The number of aromatic nitrogens is 1. The molecule has 19 heavy (non-hydrogen) atoms. The van der Waals surface area contributed by atoms with Gasteiger partial charge in [0.1, 0.15) is 0 Å². The first kappa shape index (κ1) is 12.9. The van der Waals surface area contributed by atoms with E-state index in [4.69, 9.17) is 11.6 Å². The lowest BCUT2D eigenvalue weighted by molar-refractivity contribution is 0.761. The smallest absolute Gasteiger partial charge is 0.152 e. The second kappa shape index (κ2) is 5.14. The third-order valence-corrected chi connectivity index (χ3v) is 4.25. The number of nitrogens with one attached hydrogen (secondary N) is 1. The van der Waals surface area contributed by atoms with E-state index >= 15 is 0 Å². The largest absolute Gasteiger partial charge is 0.376 e. The first-order valence-electron chi connectivity index (χ1n) is 6.30. The molecule has 1 aromatic heterocycles. The van der Waals surface area contributed by atoms with Gasteiger partial charge in [-0.2, -0.15) is 0 Å². The van der Waals surface area contributed by atoms with Crippen LogP contribution >= 0.6 is 27.5 Å². The number of nitrogens with zero attached hydrogens (tertiary/aromatic N) is 1. The number of hydrogen-bond donors (Lipinski definition) is 1. The molecule has 1 N–H and O–H groups in total. The molecular formula is C15H14BrClN2. The maximum atomic E-state index is 6.14. The molecule has 0 bridgehead atoms. The average Bonchev–Trinajstić information content (AvgIpc) is 2.77. The summed E-state index contributed by atoms with van der Waals surface area (Å²) in [6.07, 6.45) is 3.92. The van der Waals surface area contributed by atoms with Crippen molar-refractivity contribution in [2.75, 3.05) is 5.32 Å². The molecule has 1 heterocycles. The van der Waals surface area contributed by atoms with Crippen molar-refractivity contribution < 1.29 is 0 Å². The van der Waals surface area contributed by atoms with Crippen LogP contribution in [0.4, 0.5) is 5.69 Å². The summed E-state index contributed by atoms with van der Waals surface area (Å²) in [7, 11) is 0. The monoisotopic (exact) mass is 336 g/mol. The normalized spacial score (nSPS) is 17.3. The molecule has 1 aliphatic carbocycles. The Morgan fingerprint density at radius 1 is 1.37 bits per heavy atom. The molecule has 3 rings (SSSR count). The van der Waals surface area contributed by atoms with Crippen LogP contribution in [0.2, 0.25) is 5.15 Å². The number of rotatable bonds is 2. The van der Waals surface area contributed by atoms with Gasteiger partial charge in [-0.15, -0.1) is 0 Å². The maximum absolute atomic E-state index is 6.14. The molecule has 1 unspecified atom stereocenters. The van der Waals surface area contributed by atoms with Crippen LogP contribution in [0, 0.1) is 6.92 Å². The van der Waals surface area contributed by atoms with Gasteiger partial charge in [0.2, 0.25) is 0 Å². The highest BCUT2D eigenvalue weighted by atomic mass is 79.9. The van der Waals surface area contributed by atoms with Crippen molar-refractivity contribution in [3.05, 3.63) is 56.8 Å². The van der Waals surface area contributed by atoms with E-state index in [1.165, 1.54) is 16.7 Å². The predicted molar refractivity (Wildman–Crippen MR) is 82.8 cm³/mol. The summed E-state index contributed by atoms with van der Waals surface area (Å²) in [5, 5.41) is 4.03. The molecule has 0 aliphatic heterocycles. The van der Waals surface area contributed by atoms with Gasteiger partial charge in [0.15, 0.2) is 5.15 Å². The number of hydrogen-bond acceptors (Lipinski definition) is 2. The highest BCUT2D eigenvalue weighted by molar-refractivity contribution is 9.10. The maximum Gasteiger partial charge on any atom is 0.152 e. The van der Waals surface area contributed by atoms with Crippen LogP contribution in [-0.4, -0.2) is 4.98 Å². The molecule has 0 saturated carbocycles. The van der Waals surface area contributed by atoms with Gasteiger partial charge in [-0.3, -0.25) is 0 Å². The number of aryl methyl sites for hydroxylation is 2. The van der Waals surface area contributed by atoms with E-state index in [2.05, 4.69) is 51.4 Å². The topological polar surface area (TPSA) is 24.9 Å². The average molecular weight is 338 g/mol. The zero-order chi connectivity index (χ0) is 13.4. The molecule has 0 radical (unpaired) electrons. The van der Waals surface area contributed by atoms with E-state index < -0.39 is 0 Å². The quantitative estimate of drug-likeness (QED) is 0.788. The molecule has 1 aromatic carbocycles. The molecule has 98 valence electrons. The molecule has 0 saturated heterocycles. The second-order valence-corrected chi connectivity index (χ2v) is 6.20. The van der Waals surface area contributed by atoms with E-state index in [9.17, 15) is 0 Å². The lowest BCUT2D eigenvalue weighted by Gasteiger charge is -2.17. The van der Waals surface area contributed by atoms with Crippen LogP contribution in [0.25, 0.3) is 0 Å². The van der Waals surface area contributed by atoms with E-state index in [-0.39, 0.29) is 0 Å². The molecule has 1 aliphatic rings. The van der Waals surface area contributed by atoms with Crippen LogP contribution in [-0.2, 0) is 6.42 Å². The van der Waals surface area contributed by atoms with Gasteiger partial charge in [0.05, 0.1) is 11.7 Å². The van der Waals surface area contributed by atoms with Crippen molar-refractivity contribution in [2.24, 2.45) is 0 Å². The lowest BCUT2D eigenvalue weighted by atomic mass is 10.0. The van der Waals surface area contributed by atoms with Gasteiger partial charge < -0.3 is 5.32 Å². The lowest BCUT2D eigenvalue weighted by Crippen LogP contribution is -2.08. The summed E-state index contributed by atoms with van der Waals surface area (Å²) in [5.41, 5.74) is 5.00. The van der Waals surface area contributed by atoms with Crippen LogP contribution in [0.5, 0.6) is 0 Å². The minimum absolute atomic E-state index is 0.323. The van der Waals surface area contributed by atoms with E-state index in [1.54, 1.807) is 6.20 Å². The highest BCUT2D eigenvalue weighted by Crippen LogP contribution is 2.36. The van der Waals surface area contributed by atoms with Gasteiger partial charge in [-0.1, -0.05) is 35.4 Å². The molecule has 4 heteroatoms. The van der Waals surface area contributed by atoms with Crippen molar-refractivity contribution in [2.45, 2.75) is 25.8 Å². The summed E-state index contributed by atoms with van der Waals surface area (Å²) in [6, 6.07) is 8.97. The Balaban J connectivity index is 1.90. The van der Waals surface area contributed by atoms with Gasteiger partial charge >= 0.3 is 0 Å². The number of halogens is 2. The number of anilines is 1. The molecule has 0 fully saturated rings. The SMILES string of the molecule is Cc1ccc2c(c1)C(Nc1cc(Br)cnc1Cl)CC2. The number of fused-ring (bicyclic) bond motifs is 1. The molecule has 0 amide bonds. The van der Waals surface area contributed by atoms with Crippen molar-refractivity contribution in [3.63, 3.8) is 0 Å². The minimum atomic E-state index is 0.323. The zero-order valence-corrected chi connectivity index (χ0v) is 12.9. The van der Waals surface area contributed by atoms with Crippen LogP contribution in [0.3, 0.4) is 0 Å². The predicted octanol–water partition coefficient (Wildman–Crippen LogP) is 4.91. The van der Waals surface area contributed by atoms with E-state index in [0.717, 1.165) is 23.0 Å². The molecule has 0 spiro atoms. The molecule has 2 aromatic rings. The van der Waals surface area contributed by atoms with Crippen molar-refractivity contribution in [1.29, 1.82) is 0 Å². The van der Waals surface area contributed by atoms with Crippen molar-refractivity contribution in [3.8, 4) is 0 Å². The van der Waals surface area contributed by atoms with Crippen LogP contribution in [0.1, 0.15) is 29.2 Å². The van der Waals surface area contributed by atoms with Crippen LogP contribution in [0.15, 0.2) is 34.9 Å². The van der Waals surface area contributed by atoms with Crippen LogP contribution < -0.4 is 5.32 Å². The van der Waals surface area contributed by atoms with Gasteiger partial charge in [0, 0.05) is 10.7 Å². The fraction of sp³-hybridized carbons (Fsp3) is 0.267. The zero-order valence-electron chi connectivity index (χ0n) is 10.6. The Morgan fingerprint density at radius 2 is 2.21 bits per heavy atom. The number of pyridine rings is 1. The Kier molecular flexibility index (Phi) is 3.50. The van der Waals surface area contributed by atoms with Gasteiger partial charge in [-0.25, -0.2) is 4.98 Å². The standard InChI is InChI=1S/C15H14BrClN2/c1-9-2-3-10-4-5-13(12(10)6-9)19-14-7-11(16)8-18-15(14)17/h2-3,6-8,13,19H,4-5H2,1H3. The summed E-state index contributed by atoms with van der Waals surface area (Å²) in [4.78, 5) is 4.15. The first-order valence-corrected chi connectivity index (χ1v) is 7.47. The van der Waals surface area contributed by atoms with Crippen molar-refractivity contribution in [1.82, 2.24) is 4.98 Å². The summed E-state index contributed by atoms with van der Waals surface area (Å²) < 4.78 is 0.932. The molecule has 2 nitrogen and oxygen atoms in total. The van der Waals surface area contributed by atoms with Gasteiger partial charge in [-0.05, 0) is 52.9 Å². The third-order valence-electron chi connectivity index (χ3n) is 3.51.